The zero-order valence-corrected chi connectivity index (χ0v) is 11.9. The van der Waals surface area contributed by atoms with Gasteiger partial charge in [0, 0.05) is 24.8 Å². The van der Waals surface area contributed by atoms with Crippen molar-refractivity contribution in [2.45, 2.75) is 45.6 Å². The minimum Gasteiger partial charge on any atom is -0.334 e. The van der Waals surface area contributed by atoms with Crippen molar-refractivity contribution in [2.24, 2.45) is 5.73 Å². The molecule has 2 N–H and O–H groups in total. The predicted octanol–water partition coefficient (Wildman–Crippen LogP) is 2.04. The van der Waals surface area contributed by atoms with Gasteiger partial charge >= 0.3 is 0 Å². The lowest BCUT2D eigenvalue weighted by Crippen LogP contribution is -2.44. The van der Waals surface area contributed by atoms with Crippen molar-refractivity contribution in [2.75, 3.05) is 13.1 Å². The maximum absolute atomic E-state index is 12.7. The molecule has 0 saturated carbocycles. The van der Waals surface area contributed by atoms with Crippen LogP contribution in [0.4, 0.5) is 0 Å². The highest BCUT2D eigenvalue weighted by atomic mass is 16.2. The smallest absolute Gasteiger partial charge is 0.255 e. The maximum Gasteiger partial charge on any atom is 0.255 e. The monoisotopic (exact) mass is 261 g/mol. The van der Waals surface area contributed by atoms with Crippen LogP contribution in [0.3, 0.4) is 0 Å². The summed E-state index contributed by atoms with van der Waals surface area (Å²) >= 11 is 0. The van der Waals surface area contributed by atoms with Crippen molar-refractivity contribution in [3.8, 4) is 0 Å². The van der Waals surface area contributed by atoms with Crippen LogP contribution in [-0.2, 0) is 0 Å². The topological polar surface area (TPSA) is 59.2 Å². The van der Waals surface area contributed by atoms with Gasteiger partial charge in [-0.1, -0.05) is 12.8 Å². The number of aromatic nitrogens is 1. The average Bonchev–Trinajstić information content (AvgIpc) is 2.63. The summed E-state index contributed by atoms with van der Waals surface area (Å²) < 4.78 is 0. The molecular weight excluding hydrogens is 238 g/mol. The first-order valence-electron chi connectivity index (χ1n) is 7.08. The summed E-state index contributed by atoms with van der Waals surface area (Å²) in [5.74, 6) is 0.0855. The normalized spacial score (nSPS) is 20.2. The molecule has 0 radical (unpaired) electrons. The fourth-order valence-electron chi connectivity index (χ4n) is 2.76. The third-order valence-corrected chi connectivity index (χ3v) is 3.87. The molecule has 1 fully saturated rings. The molecule has 2 heterocycles. The van der Waals surface area contributed by atoms with Crippen LogP contribution in [0, 0.1) is 13.8 Å². The van der Waals surface area contributed by atoms with Gasteiger partial charge in [-0.25, -0.2) is 0 Å². The molecule has 1 unspecified atom stereocenters. The Morgan fingerprint density at radius 1 is 1.37 bits per heavy atom. The van der Waals surface area contributed by atoms with E-state index in [1.807, 2.05) is 30.9 Å². The highest BCUT2D eigenvalue weighted by Gasteiger charge is 2.26. The lowest BCUT2D eigenvalue weighted by molar-refractivity contribution is 0.0688. The minimum absolute atomic E-state index is 0.0855. The molecule has 0 aromatic carbocycles. The van der Waals surface area contributed by atoms with Crippen LogP contribution >= 0.6 is 0 Å². The van der Waals surface area contributed by atoms with E-state index in [0.717, 1.165) is 37.2 Å². The van der Waals surface area contributed by atoms with Gasteiger partial charge < -0.3 is 10.6 Å². The molecule has 0 spiro atoms. The predicted molar refractivity (Wildman–Crippen MR) is 76.1 cm³/mol. The summed E-state index contributed by atoms with van der Waals surface area (Å²) in [5, 5.41) is 0. The molecule has 0 bridgehead atoms. The second-order valence-electron chi connectivity index (χ2n) is 5.32. The van der Waals surface area contributed by atoms with Crippen molar-refractivity contribution in [1.82, 2.24) is 9.88 Å². The van der Waals surface area contributed by atoms with E-state index < -0.39 is 0 Å². The second kappa shape index (κ2) is 6.15. The Kier molecular flexibility index (Phi) is 4.53. The van der Waals surface area contributed by atoms with E-state index in [9.17, 15) is 4.79 Å². The summed E-state index contributed by atoms with van der Waals surface area (Å²) in [6.07, 6.45) is 4.43. The molecule has 1 aliphatic rings. The summed E-state index contributed by atoms with van der Waals surface area (Å²) in [6.45, 7) is 5.20. The Labute approximate surface area is 115 Å². The largest absolute Gasteiger partial charge is 0.334 e. The summed E-state index contributed by atoms with van der Waals surface area (Å²) in [5.41, 5.74) is 8.30. The van der Waals surface area contributed by atoms with Gasteiger partial charge in [0.2, 0.25) is 0 Å². The van der Waals surface area contributed by atoms with Gasteiger partial charge in [0.1, 0.15) is 0 Å². The van der Waals surface area contributed by atoms with Gasteiger partial charge in [-0.3, -0.25) is 9.78 Å². The molecule has 0 aliphatic carbocycles. The average molecular weight is 261 g/mol. The molecule has 1 aliphatic heterocycles. The Hall–Kier alpha value is -1.42. The van der Waals surface area contributed by atoms with Crippen LogP contribution in [0.1, 0.15) is 47.4 Å². The molecule has 4 heteroatoms. The van der Waals surface area contributed by atoms with Gasteiger partial charge in [0.25, 0.3) is 5.91 Å². The van der Waals surface area contributed by atoms with Crippen LogP contribution < -0.4 is 5.73 Å². The molecule has 1 atom stereocenters. The van der Waals surface area contributed by atoms with E-state index in [1.165, 1.54) is 6.42 Å². The lowest BCUT2D eigenvalue weighted by atomic mass is 10.1. The third kappa shape index (κ3) is 3.13. The fraction of sp³-hybridized carbons (Fsp3) is 0.600. The summed E-state index contributed by atoms with van der Waals surface area (Å²) in [4.78, 5) is 19.0. The van der Waals surface area contributed by atoms with E-state index in [2.05, 4.69) is 4.98 Å². The van der Waals surface area contributed by atoms with Crippen molar-refractivity contribution in [3.05, 3.63) is 29.1 Å². The molecule has 19 heavy (non-hydrogen) atoms. The summed E-state index contributed by atoms with van der Waals surface area (Å²) in [7, 11) is 0. The maximum atomic E-state index is 12.7. The number of hydrogen-bond donors (Lipinski definition) is 1. The Balaban J connectivity index is 2.25. The first-order valence-corrected chi connectivity index (χ1v) is 7.08. The number of carbonyl (C=O) groups is 1. The van der Waals surface area contributed by atoms with Gasteiger partial charge in [-0.2, -0.15) is 0 Å². The number of aryl methyl sites for hydroxylation is 2. The number of carbonyl (C=O) groups excluding carboxylic acids is 1. The molecule has 1 aromatic rings. The van der Waals surface area contributed by atoms with Crippen LogP contribution in [0.25, 0.3) is 0 Å². The fourth-order valence-corrected chi connectivity index (χ4v) is 2.76. The number of hydrogen-bond acceptors (Lipinski definition) is 3. The number of nitrogens with two attached hydrogens (primary N) is 1. The van der Waals surface area contributed by atoms with Gasteiger partial charge in [0.15, 0.2) is 0 Å². The molecule has 1 saturated heterocycles. The van der Waals surface area contributed by atoms with Crippen molar-refractivity contribution in [1.29, 1.82) is 0 Å². The number of rotatable bonds is 2. The van der Waals surface area contributed by atoms with Crippen LogP contribution in [0.5, 0.6) is 0 Å². The number of amides is 1. The first-order chi connectivity index (χ1) is 9.13. The van der Waals surface area contributed by atoms with E-state index >= 15 is 0 Å². The first kappa shape index (κ1) is 14.0. The van der Waals surface area contributed by atoms with E-state index in [1.54, 1.807) is 0 Å². The van der Waals surface area contributed by atoms with Crippen LogP contribution in [0.2, 0.25) is 0 Å². The molecule has 104 valence electrons. The molecule has 2 rings (SSSR count). The van der Waals surface area contributed by atoms with E-state index in [0.29, 0.717) is 12.1 Å². The zero-order chi connectivity index (χ0) is 13.8. The molecule has 1 aromatic heterocycles. The van der Waals surface area contributed by atoms with Gasteiger partial charge in [-0.15, -0.1) is 0 Å². The SMILES string of the molecule is Cc1ccc(C(=O)N2CCCCCC2CN)c(C)n1. The Morgan fingerprint density at radius 2 is 2.16 bits per heavy atom. The Bertz CT molecular complexity index is 459. The van der Waals surface area contributed by atoms with Gasteiger partial charge in [-0.05, 0) is 38.8 Å². The third-order valence-electron chi connectivity index (χ3n) is 3.87. The van der Waals surface area contributed by atoms with Crippen LogP contribution in [0.15, 0.2) is 12.1 Å². The lowest BCUT2D eigenvalue weighted by Gasteiger charge is -2.29. The second-order valence-corrected chi connectivity index (χ2v) is 5.32. The van der Waals surface area contributed by atoms with Crippen molar-refractivity contribution < 1.29 is 4.79 Å². The number of nitrogens with zero attached hydrogens (tertiary/aromatic N) is 2. The van der Waals surface area contributed by atoms with Crippen molar-refractivity contribution in [3.63, 3.8) is 0 Å². The van der Waals surface area contributed by atoms with Crippen molar-refractivity contribution >= 4 is 5.91 Å². The summed E-state index contributed by atoms with van der Waals surface area (Å²) in [6, 6.07) is 3.96. The van der Waals surface area contributed by atoms with E-state index in [4.69, 9.17) is 5.73 Å². The molecule has 4 nitrogen and oxygen atoms in total. The van der Waals surface area contributed by atoms with Gasteiger partial charge in [0.05, 0.1) is 11.3 Å². The number of pyridine rings is 1. The quantitative estimate of drug-likeness (QED) is 0.886. The number of likely N-dealkylation sites (tertiary alicyclic amines) is 1. The molecular formula is C15H23N3O. The molecule has 1 amide bonds. The highest BCUT2D eigenvalue weighted by molar-refractivity contribution is 5.95. The zero-order valence-electron chi connectivity index (χ0n) is 11.9. The standard InChI is InChI=1S/C15H23N3O/c1-11-7-8-14(12(2)17-11)15(19)18-9-5-3-4-6-13(18)10-16/h7-8,13H,3-6,9-10,16H2,1-2H3. The van der Waals surface area contributed by atoms with Crippen LogP contribution in [-0.4, -0.2) is 34.9 Å². The Morgan fingerprint density at radius 3 is 2.84 bits per heavy atom. The minimum atomic E-state index is 0.0855. The van der Waals surface area contributed by atoms with E-state index in [-0.39, 0.29) is 11.9 Å². The highest BCUT2D eigenvalue weighted by Crippen LogP contribution is 2.20.